The summed E-state index contributed by atoms with van der Waals surface area (Å²) in [7, 11) is 0. The lowest BCUT2D eigenvalue weighted by Crippen LogP contribution is -2.57. The molecular weight excluding hydrogens is 628 g/mol. The first-order chi connectivity index (χ1) is 22.6. The van der Waals surface area contributed by atoms with E-state index in [4.69, 9.17) is 32.9 Å². The standard InChI is InChI=1S/C34H36ClF2N7O3/c1-21(36)32(46)44-13-12-43(15-23(44)14-38-2)31-25-8-11-42(28-5-3-4-22-6-7-26(37)30(35)29(22)28)18-27(25)39-33(40-31)47-20-34(9-10-34)19-41-16-24(45)17-41/h3-7,23-24,45H,1,8-20H2/t23-/m0/s1. The first-order valence-electron chi connectivity index (χ1n) is 15.9. The van der Waals surface area contributed by atoms with E-state index < -0.39 is 23.6 Å². The van der Waals surface area contributed by atoms with Gasteiger partial charge in [0.15, 0.2) is 5.83 Å². The molecule has 3 aromatic rings. The van der Waals surface area contributed by atoms with Gasteiger partial charge in [0.1, 0.15) is 17.7 Å². The molecule has 7 rings (SSSR count). The average molecular weight is 664 g/mol. The molecule has 3 aliphatic heterocycles. The number of likely N-dealkylation sites (tertiary alicyclic amines) is 1. The number of ether oxygens (including phenoxy) is 1. The third kappa shape index (κ3) is 6.20. The number of amides is 1. The first kappa shape index (κ1) is 31.5. The summed E-state index contributed by atoms with van der Waals surface area (Å²) in [5.74, 6) is -1.63. The number of anilines is 2. The molecule has 246 valence electrons. The number of fused-ring (bicyclic) bond motifs is 2. The van der Waals surface area contributed by atoms with E-state index in [9.17, 15) is 18.7 Å². The first-order valence-corrected chi connectivity index (χ1v) is 16.3. The van der Waals surface area contributed by atoms with Crippen LogP contribution in [-0.4, -0.2) is 102 Å². The summed E-state index contributed by atoms with van der Waals surface area (Å²) in [6.07, 6.45) is 2.37. The molecular formula is C34H36ClF2N7O3. The zero-order valence-corrected chi connectivity index (χ0v) is 26.7. The van der Waals surface area contributed by atoms with Crippen molar-refractivity contribution in [2.24, 2.45) is 5.41 Å². The van der Waals surface area contributed by atoms with Crippen molar-refractivity contribution in [2.45, 2.75) is 38.0 Å². The molecule has 1 aromatic heterocycles. The summed E-state index contributed by atoms with van der Waals surface area (Å²) in [6, 6.07) is 8.58. The van der Waals surface area contributed by atoms with Crippen LogP contribution in [0.4, 0.5) is 20.3 Å². The molecule has 10 nitrogen and oxygen atoms in total. The minimum atomic E-state index is -1.04. The lowest BCUT2D eigenvalue weighted by molar-refractivity contribution is -0.131. The van der Waals surface area contributed by atoms with Gasteiger partial charge in [0.2, 0.25) is 6.54 Å². The maximum Gasteiger partial charge on any atom is 0.318 e. The van der Waals surface area contributed by atoms with Crippen LogP contribution in [0.15, 0.2) is 42.7 Å². The SMILES string of the molecule is [C-]#[N+]C[C@H]1CN(c2nc(OCC3(CN4CC(O)C4)CC3)nc3c2CCN(c2cccc4ccc(F)c(Cl)c24)C3)CCN1C(=O)C(=C)F. The fourth-order valence-corrected chi connectivity index (χ4v) is 7.36. The number of halogens is 3. The van der Waals surface area contributed by atoms with Gasteiger partial charge in [-0.2, -0.15) is 9.97 Å². The highest BCUT2D eigenvalue weighted by Crippen LogP contribution is 2.47. The average Bonchev–Trinajstić information content (AvgIpc) is 3.83. The molecule has 1 amide bonds. The van der Waals surface area contributed by atoms with Gasteiger partial charge in [-0.25, -0.2) is 15.4 Å². The number of aromatic nitrogens is 2. The number of β-amino-alcohol motifs (C(OH)–C–C–N with tert-alkyl or cyclic N) is 1. The Morgan fingerprint density at radius 3 is 2.68 bits per heavy atom. The van der Waals surface area contributed by atoms with Gasteiger partial charge in [-0.15, -0.1) is 0 Å². The third-order valence-electron chi connectivity index (χ3n) is 9.82. The topological polar surface area (TPSA) is 89.6 Å². The van der Waals surface area contributed by atoms with Gasteiger partial charge in [-0.05, 0) is 36.8 Å². The summed E-state index contributed by atoms with van der Waals surface area (Å²) in [5, 5.41) is 11.3. The van der Waals surface area contributed by atoms with Gasteiger partial charge in [-0.1, -0.05) is 36.4 Å². The molecule has 3 fully saturated rings. The highest BCUT2D eigenvalue weighted by atomic mass is 35.5. The van der Waals surface area contributed by atoms with Gasteiger partial charge in [0, 0.05) is 67.9 Å². The van der Waals surface area contributed by atoms with Gasteiger partial charge < -0.3 is 29.4 Å². The van der Waals surface area contributed by atoms with E-state index in [-0.39, 0.29) is 35.6 Å². The summed E-state index contributed by atoms with van der Waals surface area (Å²) in [4.78, 5) is 33.7. The second-order valence-electron chi connectivity index (χ2n) is 13.1. The minimum Gasteiger partial charge on any atom is -0.463 e. The monoisotopic (exact) mass is 663 g/mol. The molecule has 4 aliphatic rings. The van der Waals surface area contributed by atoms with Gasteiger partial charge >= 0.3 is 6.01 Å². The molecule has 47 heavy (non-hydrogen) atoms. The molecule has 1 saturated carbocycles. The normalized spacial score (nSPS) is 20.8. The maximum absolute atomic E-state index is 14.6. The Labute approximate surface area is 277 Å². The number of rotatable bonds is 9. The third-order valence-corrected chi connectivity index (χ3v) is 10.2. The van der Waals surface area contributed by atoms with E-state index in [0.717, 1.165) is 41.7 Å². The number of aliphatic hydroxyl groups excluding tert-OH is 1. The lowest BCUT2D eigenvalue weighted by Gasteiger charge is -2.41. The molecule has 2 saturated heterocycles. The fourth-order valence-electron chi connectivity index (χ4n) is 7.10. The van der Waals surface area contributed by atoms with Crippen molar-refractivity contribution in [1.82, 2.24) is 19.8 Å². The number of piperazine rings is 1. The highest BCUT2D eigenvalue weighted by molar-refractivity contribution is 6.36. The van der Waals surface area contributed by atoms with E-state index >= 15 is 0 Å². The molecule has 1 N–H and O–H groups in total. The molecule has 0 radical (unpaired) electrons. The quantitative estimate of drug-likeness (QED) is 0.269. The van der Waals surface area contributed by atoms with Crippen molar-refractivity contribution in [3.8, 4) is 6.01 Å². The second-order valence-corrected chi connectivity index (χ2v) is 13.5. The molecule has 0 spiro atoms. The summed E-state index contributed by atoms with van der Waals surface area (Å²) in [6.45, 7) is 15.2. The van der Waals surface area contributed by atoms with E-state index in [1.165, 1.54) is 11.0 Å². The van der Waals surface area contributed by atoms with Crippen LogP contribution >= 0.6 is 11.6 Å². The Morgan fingerprint density at radius 2 is 1.96 bits per heavy atom. The van der Waals surface area contributed by atoms with Crippen LogP contribution in [-0.2, 0) is 17.8 Å². The predicted molar refractivity (Wildman–Crippen MR) is 175 cm³/mol. The Bertz CT molecular complexity index is 1770. The maximum atomic E-state index is 14.6. The zero-order valence-electron chi connectivity index (χ0n) is 26.0. The van der Waals surface area contributed by atoms with Crippen molar-refractivity contribution in [1.29, 1.82) is 0 Å². The van der Waals surface area contributed by atoms with Crippen LogP contribution in [0.25, 0.3) is 15.6 Å². The number of aliphatic hydroxyl groups is 1. The number of carbonyl (C=O) groups excluding carboxylic acids is 1. The number of hydrogen-bond donors (Lipinski definition) is 1. The number of benzene rings is 2. The highest BCUT2D eigenvalue weighted by Gasteiger charge is 2.47. The van der Waals surface area contributed by atoms with Crippen LogP contribution in [0.5, 0.6) is 6.01 Å². The smallest absolute Gasteiger partial charge is 0.318 e. The van der Waals surface area contributed by atoms with Crippen molar-refractivity contribution in [2.75, 3.05) is 68.8 Å². The Morgan fingerprint density at radius 1 is 1.15 bits per heavy atom. The molecule has 4 heterocycles. The molecule has 1 atom stereocenters. The predicted octanol–water partition coefficient (Wildman–Crippen LogP) is 4.24. The van der Waals surface area contributed by atoms with E-state index in [0.29, 0.717) is 63.5 Å². The Hall–Kier alpha value is -4.05. The molecule has 13 heteroatoms. The van der Waals surface area contributed by atoms with Gasteiger partial charge in [0.05, 0.1) is 30.0 Å². The molecule has 1 aliphatic carbocycles. The van der Waals surface area contributed by atoms with Crippen molar-refractivity contribution in [3.05, 3.63) is 76.3 Å². The summed E-state index contributed by atoms with van der Waals surface area (Å²) < 4.78 is 34.8. The van der Waals surface area contributed by atoms with Gasteiger partial charge in [0.25, 0.3) is 5.91 Å². The largest absolute Gasteiger partial charge is 0.463 e. The van der Waals surface area contributed by atoms with E-state index in [2.05, 4.69) is 21.2 Å². The summed E-state index contributed by atoms with van der Waals surface area (Å²) in [5.41, 5.74) is 2.52. The molecule has 2 aromatic carbocycles. The lowest BCUT2D eigenvalue weighted by atomic mass is 10.0. The molecule has 0 unspecified atom stereocenters. The van der Waals surface area contributed by atoms with Crippen LogP contribution in [0.2, 0.25) is 5.02 Å². The molecule has 0 bridgehead atoms. The van der Waals surface area contributed by atoms with Crippen LogP contribution in [0.1, 0.15) is 24.1 Å². The number of nitrogens with zero attached hydrogens (tertiary/aromatic N) is 7. The second kappa shape index (κ2) is 12.5. The van der Waals surface area contributed by atoms with Gasteiger partial charge in [-0.3, -0.25) is 9.69 Å². The Balaban J connectivity index is 1.20. The minimum absolute atomic E-state index is 0.00312. The van der Waals surface area contributed by atoms with Crippen molar-refractivity contribution in [3.63, 3.8) is 0 Å². The van der Waals surface area contributed by atoms with E-state index in [1.807, 2.05) is 23.1 Å². The van der Waals surface area contributed by atoms with Crippen LogP contribution in [0, 0.1) is 17.8 Å². The Kier molecular flexibility index (Phi) is 8.40. The van der Waals surface area contributed by atoms with Crippen LogP contribution in [0.3, 0.4) is 0 Å². The van der Waals surface area contributed by atoms with Crippen molar-refractivity contribution >= 4 is 39.8 Å². The van der Waals surface area contributed by atoms with Crippen LogP contribution < -0.4 is 14.5 Å². The zero-order chi connectivity index (χ0) is 32.9. The van der Waals surface area contributed by atoms with Crippen molar-refractivity contribution < 1.29 is 23.4 Å². The number of hydrogen-bond acceptors (Lipinski definition) is 8. The summed E-state index contributed by atoms with van der Waals surface area (Å²) >= 11 is 6.49. The van der Waals surface area contributed by atoms with E-state index in [1.54, 1.807) is 6.07 Å². The fraction of sp³-hybridized carbons (Fsp3) is 0.471. The number of carbonyl (C=O) groups is 1.